The van der Waals surface area contributed by atoms with Gasteiger partial charge >= 0.3 is 0 Å². The second kappa shape index (κ2) is 8.56. The molecule has 1 fully saturated rings. The van der Waals surface area contributed by atoms with Crippen LogP contribution in [-0.2, 0) is 6.42 Å². The van der Waals surface area contributed by atoms with E-state index in [1.165, 1.54) is 12.0 Å². The zero-order valence-electron chi connectivity index (χ0n) is 13.3. The molecular weight excluding hydrogens is 375 g/mol. The number of nitrogens with zero attached hydrogens (tertiary/aromatic N) is 3. The third-order valence-corrected chi connectivity index (χ3v) is 3.70. The van der Waals surface area contributed by atoms with Crippen molar-refractivity contribution in [3.05, 3.63) is 30.1 Å². The summed E-state index contributed by atoms with van der Waals surface area (Å²) in [5, 5.41) is 3.41. The molecule has 1 N–H and O–H groups in total. The molecule has 118 valence electrons. The zero-order chi connectivity index (χ0) is 14.4. The Kier molecular flexibility index (Phi) is 7.42. The van der Waals surface area contributed by atoms with Gasteiger partial charge < -0.3 is 10.2 Å². The van der Waals surface area contributed by atoms with E-state index in [2.05, 4.69) is 42.0 Å². The second-order valence-corrected chi connectivity index (χ2v) is 6.18. The highest BCUT2D eigenvalue weighted by atomic mass is 127. The number of guanidine groups is 1. The number of hydrogen-bond acceptors (Lipinski definition) is 2. The predicted molar refractivity (Wildman–Crippen MR) is 99.3 cm³/mol. The van der Waals surface area contributed by atoms with Gasteiger partial charge in [0, 0.05) is 38.6 Å². The van der Waals surface area contributed by atoms with Crippen molar-refractivity contribution in [3.63, 3.8) is 0 Å². The van der Waals surface area contributed by atoms with Crippen molar-refractivity contribution in [2.24, 2.45) is 10.4 Å². The van der Waals surface area contributed by atoms with E-state index >= 15 is 0 Å². The monoisotopic (exact) mass is 402 g/mol. The van der Waals surface area contributed by atoms with Crippen LogP contribution in [0.4, 0.5) is 0 Å². The summed E-state index contributed by atoms with van der Waals surface area (Å²) in [5.74, 6) is 1.06. The maximum atomic E-state index is 4.76. The van der Waals surface area contributed by atoms with Crippen molar-refractivity contribution in [1.82, 2.24) is 15.2 Å². The van der Waals surface area contributed by atoms with Gasteiger partial charge in [-0.15, -0.1) is 24.0 Å². The lowest BCUT2D eigenvalue weighted by Crippen LogP contribution is -2.40. The summed E-state index contributed by atoms with van der Waals surface area (Å²) in [5.41, 5.74) is 1.65. The number of pyridine rings is 1. The number of likely N-dealkylation sites (tertiary alicyclic amines) is 1. The Bertz CT molecular complexity index is 445. The van der Waals surface area contributed by atoms with Crippen molar-refractivity contribution in [2.75, 3.05) is 26.2 Å². The minimum absolute atomic E-state index is 0. The van der Waals surface area contributed by atoms with Crippen LogP contribution in [-0.4, -0.2) is 42.0 Å². The molecule has 1 aromatic rings. The Balaban J connectivity index is 0.00000220. The molecule has 0 atom stereocenters. The molecule has 0 spiro atoms. The number of nitrogens with one attached hydrogen (secondary N) is 1. The maximum Gasteiger partial charge on any atom is 0.193 e. The fourth-order valence-electron chi connectivity index (χ4n) is 2.56. The number of halogens is 1. The highest BCUT2D eigenvalue weighted by Gasteiger charge is 2.30. The first-order valence-electron chi connectivity index (χ1n) is 7.53. The molecule has 21 heavy (non-hydrogen) atoms. The van der Waals surface area contributed by atoms with Crippen LogP contribution in [0.3, 0.4) is 0 Å². The minimum Gasteiger partial charge on any atom is -0.357 e. The molecule has 0 unspecified atom stereocenters. The van der Waals surface area contributed by atoms with Crippen LogP contribution in [0, 0.1) is 5.41 Å². The molecule has 0 bridgehead atoms. The average molecular weight is 402 g/mol. The van der Waals surface area contributed by atoms with Gasteiger partial charge in [0.1, 0.15) is 0 Å². The third-order valence-electron chi connectivity index (χ3n) is 3.70. The Morgan fingerprint density at radius 2 is 2.29 bits per heavy atom. The van der Waals surface area contributed by atoms with Gasteiger partial charge in [-0.3, -0.25) is 9.98 Å². The summed E-state index contributed by atoms with van der Waals surface area (Å²) in [6, 6.07) is 4.08. The third kappa shape index (κ3) is 5.80. The molecule has 2 heterocycles. The summed E-state index contributed by atoms with van der Waals surface area (Å²) in [6.45, 7) is 10.7. The first-order chi connectivity index (χ1) is 9.61. The molecule has 2 rings (SSSR count). The van der Waals surface area contributed by atoms with E-state index in [1.807, 2.05) is 18.5 Å². The normalized spacial score (nSPS) is 17.5. The van der Waals surface area contributed by atoms with E-state index in [0.717, 1.165) is 38.6 Å². The van der Waals surface area contributed by atoms with Crippen molar-refractivity contribution in [2.45, 2.75) is 33.6 Å². The lowest BCUT2D eigenvalue weighted by atomic mass is 9.93. The molecule has 0 radical (unpaired) electrons. The van der Waals surface area contributed by atoms with Crippen molar-refractivity contribution in [3.8, 4) is 0 Å². The van der Waals surface area contributed by atoms with Crippen LogP contribution in [0.1, 0.15) is 32.8 Å². The quantitative estimate of drug-likeness (QED) is 0.478. The lowest BCUT2D eigenvalue weighted by molar-refractivity contribution is 0.370. The Labute approximate surface area is 145 Å². The van der Waals surface area contributed by atoms with E-state index < -0.39 is 0 Å². The molecular formula is C16H27IN4. The van der Waals surface area contributed by atoms with Gasteiger partial charge in [-0.05, 0) is 36.8 Å². The largest absolute Gasteiger partial charge is 0.357 e. The first kappa shape index (κ1) is 18.2. The maximum absolute atomic E-state index is 4.76. The predicted octanol–water partition coefficient (Wildman–Crippen LogP) is 2.94. The van der Waals surface area contributed by atoms with Crippen LogP contribution < -0.4 is 5.32 Å². The van der Waals surface area contributed by atoms with E-state index in [4.69, 9.17) is 4.99 Å². The second-order valence-electron chi connectivity index (χ2n) is 6.18. The summed E-state index contributed by atoms with van der Waals surface area (Å²) >= 11 is 0. The fraction of sp³-hybridized carbons (Fsp3) is 0.625. The first-order valence-corrected chi connectivity index (χ1v) is 7.53. The molecule has 0 saturated carbocycles. The molecule has 1 aromatic heterocycles. The Morgan fingerprint density at radius 1 is 1.48 bits per heavy atom. The highest BCUT2D eigenvalue weighted by Crippen LogP contribution is 2.28. The van der Waals surface area contributed by atoms with Gasteiger partial charge in [-0.25, -0.2) is 0 Å². The smallest absolute Gasteiger partial charge is 0.193 e. The van der Waals surface area contributed by atoms with Crippen LogP contribution in [0.5, 0.6) is 0 Å². The van der Waals surface area contributed by atoms with Crippen LogP contribution >= 0.6 is 24.0 Å². The van der Waals surface area contributed by atoms with Gasteiger partial charge in [0.2, 0.25) is 0 Å². The molecule has 1 aliphatic rings. The van der Waals surface area contributed by atoms with Gasteiger partial charge in [0.15, 0.2) is 5.96 Å². The van der Waals surface area contributed by atoms with Crippen molar-refractivity contribution < 1.29 is 0 Å². The summed E-state index contributed by atoms with van der Waals surface area (Å²) in [6.07, 6.45) is 5.91. The number of aliphatic imine (C=N–C) groups is 1. The van der Waals surface area contributed by atoms with Gasteiger partial charge in [0.25, 0.3) is 0 Å². The van der Waals surface area contributed by atoms with Crippen LogP contribution in [0.15, 0.2) is 29.5 Å². The minimum atomic E-state index is 0. The molecule has 0 aromatic carbocycles. The van der Waals surface area contributed by atoms with Crippen molar-refractivity contribution >= 4 is 29.9 Å². The molecule has 5 heteroatoms. The number of hydrogen-bond donors (Lipinski definition) is 1. The highest BCUT2D eigenvalue weighted by molar-refractivity contribution is 14.0. The topological polar surface area (TPSA) is 40.5 Å². The number of aromatic nitrogens is 1. The fourth-order valence-corrected chi connectivity index (χ4v) is 2.56. The van der Waals surface area contributed by atoms with E-state index in [0.29, 0.717) is 5.41 Å². The zero-order valence-corrected chi connectivity index (χ0v) is 15.6. The average Bonchev–Trinajstić information content (AvgIpc) is 2.79. The van der Waals surface area contributed by atoms with Crippen LogP contribution in [0.25, 0.3) is 0 Å². The lowest BCUT2D eigenvalue weighted by Gasteiger charge is -2.23. The van der Waals surface area contributed by atoms with E-state index in [-0.39, 0.29) is 24.0 Å². The van der Waals surface area contributed by atoms with Gasteiger partial charge in [0.05, 0.1) is 0 Å². The summed E-state index contributed by atoms with van der Waals surface area (Å²) < 4.78 is 0. The van der Waals surface area contributed by atoms with Crippen molar-refractivity contribution in [1.29, 1.82) is 0 Å². The summed E-state index contributed by atoms with van der Waals surface area (Å²) in [4.78, 5) is 11.3. The van der Waals surface area contributed by atoms with Gasteiger partial charge in [-0.2, -0.15) is 0 Å². The molecule has 1 saturated heterocycles. The standard InChI is InChI=1S/C16H26N4.HI/c1-4-18-15(20-11-8-16(2,3)13-20)19-10-7-14-6-5-9-17-12-14;/h5-6,9,12H,4,7-8,10-11,13H2,1-3H3,(H,18,19);1H. The molecule has 0 amide bonds. The van der Waals surface area contributed by atoms with E-state index in [9.17, 15) is 0 Å². The number of rotatable bonds is 4. The molecule has 0 aliphatic carbocycles. The molecule has 1 aliphatic heterocycles. The Hall–Kier alpha value is -0.850. The van der Waals surface area contributed by atoms with E-state index in [1.54, 1.807) is 0 Å². The molecule has 4 nitrogen and oxygen atoms in total. The SMILES string of the molecule is CCNC(=NCCc1cccnc1)N1CCC(C)(C)C1.I. The Morgan fingerprint density at radius 3 is 2.86 bits per heavy atom. The van der Waals surface area contributed by atoms with Crippen LogP contribution in [0.2, 0.25) is 0 Å². The van der Waals surface area contributed by atoms with Gasteiger partial charge in [-0.1, -0.05) is 19.9 Å². The summed E-state index contributed by atoms with van der Waals surface area (Å²) in [7, 11) is 0.